The van der Waals surface area contributed by atoms with Gasteiger partial charge in [-0.1, -0.05) is 0 Å². The fraction of sp³-hybridized carbons (Fsp3) is 0.333. The van der Waals surface area contributed by atoms with E-state index in [0.717, 1.165) is 13.8 Å². The van der Waals surface area contributed by atoms with Crippen LogP contribution in [-0.2, 0) is 33.5 Å². The number of ether oxygens (including phenoxy) is 1. The maximum absolute atomic E-state index is 9.81. The Balaban J connectivity index is -0.0000000302. The minimum absolute atomic E-state index is 0. The molecule has 2 N–H and O–H groups in total. The molecule has 0 aliphatic heterocycles. The molecular formula is C12H19I3O9. The summed E-state index contributed by atoms with van der Waals surface area (Å²) < 4.78 is 3.97. The number of carbonyl (C=O) groups is 4. The molecule has 0 atom stereocenters. The van der Waals surface area contributed by atoms with Crippen molar-refractivity contribution in [2.24, 2.45) is 0 Å². The van der Waals surface area contributed by atoms with E-state index >= 15 is 0 Å². The number of halogens is 3. The Morgan fingerprint density at radius 1 is 0.792 bits per heavy atom. The van der Waals surface area contributed by atoms with Crippen LogP contribution in [0.15, 0.2) is 13.2 Å². The maximum Gasteiger partial charge on any atom is 0.310 e. The minimum Gasteiger partial charge on any atom is -0.481 e. The van der Waals surface area contributed by atoms with Crippen LogP contribution in [0, 0.1) is 0 Å². The third kappa shape index (κ3) is 857. The van der Waals surface area contributed by atoms with E-state index in [-0.39, 0.29) is 24.0 Å². The molecule has 0 rings (SSSR count). The molecule has 9 nitrogen and oxygen atoms in total. The third-order valence-electron chi connectivity index (χ3n) is 0.287. The van der Waals surface area contributed by atoms with Gasteiger partial charge in [-0.05, 0) is 13.2 Å². The molecule has 0 aromatic carbocycles. The quantitative estimate of drug-likeness (QED) is 0.170. The number of aliphatic carboxylic acids is 2. The van der Waals surface area contributed by atoms with Crippen molar-refractivity contribution in [1.82, 2.24) is 0 Å². The van der Waals surface area contributed by atoms with Crippen LogP contribution in [0.3, 0.4) is 0 Å². The van der Waals surface area contributed by atoms with Crippen LogP contribution in [0.25, 0.3) is 0 Å². The van der Waals surface area contributed by atoms with Crippen LogP contribution in [-0.4, -0.2) is 46.0 Å². The van der Waals surface area contributed by atoms with Gasteiger partial charge in [0.1, 0.15) is 11.9 Å². The minimum atomic E-state index is -0.833. The van der Waals surface area contributed by atoms with Gasteiger partial charge in [0.05, 0.1) is 0 Å². The zero-order valence-electron chi connectivity index (χ0n) is 13.3. The largest absolute Gasteiger partial charge is 0.481 e. The smallest absolute Gasteiger partial charge is 0.310 e. The van der Waals surface area contributed by atoms with Crippen molar-refractivity contribution in [2.75, 3.05) is 0 Å². The van der Waals surface area contributed by atoms with Crippen LogP contribution >= 0.6 is 61.2 Å². The molecule has 0 unspecified atom stereocenters. The summed E-state index contributed by atoms with van der Waals surface area (Å²) in [5, 5.41) is 14.8. The molecule has 0 saturated carbocycles. The van der Waals surface area contributed by atoms with E-state index < -0.39 is 23.9 Å². The Kier molecular flexibility index (Phi) is 89.8. The van der Waals surface area contributed by atoms with Gasteiger partial charge in [-0.3, -0.25) is 19.2 Å². The molecule has 0 heterocycles. The first-order chi connectivity index (χ1) is 10.4. The molecule has 0 aromatic rings. The van der Waals surface area contributed by atoms with Crippen LogP contribution in [0.5, 0.6) is 0 Å². The van der Waals surface area contributed by atoms with Gasteiger partial charge in [0.2, 0.25) is 0 Å². The first-order valence-corrected chi connectivity index (χ1v) is 11.2. The number of carbonyl (C=O) groups excluding carboxylic acids is 4. The summed E-state index contributed by atoms with van der Waals surface area (Å²) in [7, 11) is 0. The van der Waals surface area contributed by atoms with Crippen molar-refractivity contribution in [3.8, 4) is 0 Å². The number of hydrogen-bond donors (Lipinski definition) is 2. The summed E-state index contributed by atoms with van der Waals surface area (Å²) in [6.07, 6.45) is 0. The molecule has 0 radical (unpaired) electrons. The number of carboxylic acids is 2. The van der Waals surface area contributed by atoms with Crippen LogP contribution in [0.4, 0.5) is 0 Å². The topological polar surface area (TPSA) is 152 Å². The first-order valence-electron chi connectivity index (χ1n) is 4.93. The highest BCUT2D eigenvalue weighted by atomic mass is 128. The summed E-state index contributed by atoms with van der Waals surface area (Å²) in [5.41, 5.74) is 0. The molecule has 0 spiro atoms. The zero-order valence-corrected chi connectivity index (χ0v) is 20.0. The Morgan fingerprint density at radius 2 is 0.875 bits per heavy atom. The highest BCUT2D eigenvalue weighted by Crippen LogP contribution is 1.89. The summed E-state index contributed by atoms with van der Waals surface area (Å²) in [6.45, 7) is 9.89. The van der Waals surface area contributed by atoms with Crippen molar-refractivity contribution in [2.45, 2.75) is 27.7 Å². The molecular weight excluding hydrogens is 669 g/mol. The van der Waals surface area contributed by atoms with E-state index in [9.17, 15) is 9.59 Å². The lowest BCUT2D eigenvalue weighted by Gasteiger charge is -1.87. The SMILES string of the molecule is C=C=O.C=C=O.CC(=O)O.CC(=O)O.CC(=O)OC(C)=O.I.II. The van der Waals surface area contributed by atoms with Gasteiger partial charge in [-0.2, -0.15) is 0 Å². The Labute approximate surface area is 180 Å². The average molecular weight is 688 g/mol. The Bertz CT molecular complexity index is 339. The second-order valence-corrected chi connectivity index (χ2v) is 2.41. The lowest BCUT2D eigenvalue weighted by atomic mass is 10.7. The van der Waals surface area contributed by atoms with Gasteiger partial charge in [0.15, 0.2) is 0 Å². The molecule has 0 aromatic heterocycles. The average Bonchev–Trinajstić information content (AvgIpc) is 2.30. The molecule has 0 aliphatic rings. The van der Waals surface area contributed by atoms with Crippen molar-refractivity contribution in [3.05, 3.63) is 13.2 Å². The van der Waals surface area contributed by atoms with Crippen LogP contribution < -0.4 is 0 Å². The van der Waals surface area contributed by atoms with Crippen molar-refractivity contribution in [1.29, 1.82) is 0 Å². The lowest BCUT2D eigenvalue weighted by molar-refractivity contribution is -0.156. The molecule has 0 saturated heterocycles. The number of rotatable bonds is 0. The van der Waals surface area contributed by atoms with E-state index in [2.05, 4.69) is 55.1 Å². The summed E-state index contributed by atoms with van der Waals surface area (Å²) in [6, 6.07) is 0. The fourth-order valence-corrected chi connectivity index (χ4v) is 0.202. The maximum atomic E-state index is 9.81. The second-order valence-electron chi connectivity index (χ2n) is 2.41. The summed E-state index contributed by atoms with van der Waals surface area (Å²) in [5.74, 6) is -0.292. The van der Waals surface area contributed by atoms with E-state index in [1.807, 2.05) is 0 Å². The van der Waals surface area contributed by atoms with E-state index in [4.69, 9.17) is 29.4 Å². The van der Waals surface area contributed by atoms with Gasteiger partial charge in [0.25, 0.3) is 11.9 Å². The van der Waals surface area contributed by atoms with Crippen molar-refractivity contribution >= 4 is 97.0 Å². The standard InChI is InChI=1S/C4H6O3.2C2H4O2.2C2H2O.I2.HI/c1-3(5)7-4(2)6;2*1-2(3)4;2*1-2-3;1-2;/h1-2H3;2*1H3,(H,3,4);2*1H2;;1H. The normalized spacial score (nSPS) is 5.25. The van der Waals surface area contributed by atoms with E-state index in [0.29, 0.717) is 0 Å². The summed E-state index contributed by atoms with van der Waals surface area (Å²) in [4.78, 5) is 54.8. The first kappa shape index (κ1) is 43.6. The summed E-state index contributed by atoms with van der Waals surface area (Å²) >= 11 is 4.24. The van der Waals surface area contributed by atoms with Gasteiger partial charge in [0, 0.05) is 64.9 Å². The highest BCUT2D eigenvalue weighted by Gasteiger charge is 1.93. The number of carboxylic acid groups (broad SMARTS) is 2. The van der Waals surface area contributed by atoms with Gasteiger partial charge in [-0.25, -0.2) is 9.59 Å². The molecule has 142 valence electrons. The molecule has 0 aliphatic carbocycles. The lowest BCUT2D eigenvalue weighted by Crippen LogP contribution is -2.03. The highest BCUT2D eigenvalue weighted by molar-refractivity contribution is 15.0. The predicted molar refractivity (Wildman–Crippen MR) is 115 cm³/mol. The molecule has 0 bridgehead atoms. The van der Waals surface area contributed by atoms with Gasteiger partial charge < -0.3 is 14.9 Å². The number of esters is 2. The van der Waals surface area contributed by atoms with Gasteiger partial charge in [-0.15, -0.1) is 24.0 Å². The van der Waals surface area contributed by atoms with Crippen molar-refractivity contribution < 1.29 is 43.7 Å². The van der Waals surface area contributed by atoms with Crippen LogP contribution in [0.2, 0.25) is 0 Å². The Morgan fingerprint density at radius 3 is 0.875 bits per heavy atom. The van der Waals surface area contributed by atoms with Crippen molar-refractivity contribution in [3.63, 3.8) is 0 Å². The zero-order chi connectivity index (χ0) is 20.4. The second kappa shape index (κ2) is 49.5. The molecule has 0 fully saturated rings. The van der Waals surface area contributed by atoms with Crippen LogP contribution in [0.1, 0.15) is 27.7 Å². The predicted octanol–water partition coefficient (Wildman–Crippen LogP) is 2.68. The van der Waals surface area contributed by atoms with E-state index in [1.165, 1.54) is 25.7 Å². The third-order valence-corrected chi connectivity index (χ3v) is 0.287. The monoisotopic (exact) mass is 688 g/mol. The Hall–Kier alpha value is -0.830. The molecule has 24 heavy (non-hydrogen) atoms. The van der Waals surface area contributed by atoms with E-state index in [1.54, 1.807) is 0 Å². The fourth-order valence-electron chi connectivity index (χ4n) is 0.202. The number of hydrogen-bond acceptors (Lipinski definition) is 7. The molecule has 0 amide bonds. The molecule has 12 heteroatoms. The van der Waals surface area contributed by atoms with Gasteiger partial charge >= 0.3 is 11.9 Å².